The van der Waals surface area contributed by atoms with Gasteiger partial charge < -0.3 is 10.1 Å². The summed E-state index contributed by atoms with van der Waals surface area (Å²) in [6, 6.07) is 1.95. The first kappa shape index (κ1) is 9.46. The lowest BCUT2D eigenvalue weighted by Crippen LogP contribution is -2.25. The molecule has 2 rings (SSSR count). The number of rotatable bonds is 4. The lowest BCUT2D eigenvalue weighted by molar-refractivity contribution is 0.119. The fourth-order valence-corrected chi connectivity index (χ4v) is 1.52. The minimum atomic E-state index is 0.438. The van der Waals surface area contributed by atoms with E-state index in [0.29, 0.717) is 6.10 Å². The van der Waals surface area contributed by atoms with Crippen LogP contribution in [0.5, 0.6) is 5.75 Å². The number of hydrogen-bond acceptors (Lipinski definition) is 3. The number of aromatic nitrogens is 1. The van der Waals surface area contributed by atoms with E-state index in [-0.39, 0.29) is 0 Å². The molecule has 0 saturated heterocycles. The van der Waals surface area contributed by atoms with Gasteiger partial charge in [0.05, 0.1) is 6.10 Å². The molecule has 1 fully saturated rings. The van der Waals surface area contributed by atoms with Gasteiger partial charge in [0.2, 0.25) is 0 Å². The number of hydrogen-bond donors (Lipinski definition) is 1. The molecule has 0 bridgehead atoms. The van der Waals surface area contributed by atoms with Crippen molar-refractivity contribution in [3.8, 4) is 5.75 Å². The van der Waals surface area contributed by atoms with E-state index >= 15 is 0 Å². The van der Waals surface area contributed by atoms with Gasteiger partial charge in [-0.25, -0.2) is 0 Å². The number of ether oxygens (including phenoxy) is 1. The van der Waals surface area contributed by atoms with Crippen LogP contribution in [0.1, 0.15) is 24.8 Å². The van der Waals surface area contributed by atoms with Crippen molar-refractivity contribution in [3.05, 3.63) is 24.0 Å². The van der Waals surface area contributed by atoms with Crippen molar-refractivity contribution in [2.75, 3.05) is 7.05 Å². The molecule has 1 aliphatic carbocycles. The van der Waals surface area contributed by atoms with Gasteiger partial charge in [0.1, 0.15) is 5.75 Å². The second-order valence-corrected chi connectivity index (χ2v) is 3.68. The van der Waals surface area contributed by atoms with Crippen LogP contribution in [0.2, 0.25) is 0 Å². The van der Waals surface area contributed by atoms with E-state index in [2.05, 4.69) is 10.3 Å². The molecular formula is C11H16N2O. The summed E-state index contributed by atoms with van der Waals surface area (Å²) in [6.07, 6.45) is 7.78. The number of pyridine rings is 1. The molecule has 1 aromatic rings. The summed E-state index contributed by atoms with van der Waals surface area (Å²) >= 11 is 0. The van der Waals surface area contributed by atoms with Crippen LogP contribution in [0, 0.1) is 0 Å². The van der Waals surface area contributed by atoms with Gasteiger partial charge in [0.15, 0.2) is 0 Å². The molecule has 0 spiro atoms. The summed E-state index contributed by atoms with van der Waals surface area (Å²) in [5.74, 6) is 0.985. The molecule has 76 valence electrons. The highest BCUT2D eigenvalue weighted by molar-refractivity contribution is 5.30. The van der Waals surface area contributed by atoms with Gasteiger partial charge in [-0.15, -0.1) is 0 Å². The average Bonchev–Trinajstić information content (AvgIpc) is 2.14. The first-order chi connectivity index (χ1) is 6.90. The van der Waals surface area contributed by atoms with Gasteiger partial charge in [-0.2, -0.15) is 0 Å². The van der Waals surface area contributed by atoms with Crippen molar-refractivity contribution >= 4 is 0 Å². The molecule has 3 nitrogen and oxygen atoms in total. The molecule has 1 aliphatic rings. The van der Waals surface area contributed by atoms with Gasteiger partial charge >= 0.3 is 0 Å². The van der Waals surface area contributed by atoms with Crippen LogP contribution in [-0.4, -0.2) is 18.1 Å². The maximum absolute atomic E-state index is 5.85. The Bertz CT molecular complexity index is 297. The van der Waals surface area contributed by atoms with Gasteiger partial charge in [-0.05, 0) is 32.4 Å². The zero-order valence-corrected chi connectivity index (χ0v) is 8.49. The molecule has 1 aromatic heterocycles. The Labute approximate surface area is 84.5 Å². The summed E-state index contributed by atoms with van der Waals surface area (Å²) in [6.45, 7) is 0.815. The molecule has 1 saturated carbocycles. The van der Waals surface area contributed by atoms with E-state index in [1.54, 1.807) is 6.20 Å². The van der Waals surface area contributed by atoms with Crippen molar-refractivity contribution in [2.45, 2.75) is 31.9 Å². The Kier molecular flexibility index (Phi) is 2.99. The first-order valence-electron chi connectivity index (χ1n) is 5.14. The Balaban J connectivity index is 2.05. The monoisotopic (exact) mass is 192 g/mol. The lowest BCUT2D eigenvalue weighted by atomic mass is 9.96. The van der Waals surface area contributed by atoms with Gasteiger partial charge in [0.25, 0.3) is 0 Å². The highest BCUT2D eigenvalue weighted by Gasteiger charge is 2.19. The van der Waals surface area contributed by atoms with E-state index in [1.165, 1.54) is 19.3 Å². The van der Waals surface area contributed by atoms with Gasteiger partial charge in [0, 0.05) is 24.5 Å². The van der Waals surface area contributed by atoms with Crippen molar-refractivity contribution in [1.29, 1.82) is 0 Å². The molecule has 0 radical (unpaired) electrons. The van der Waals surface area contributed by atoms with Crippen molar-refractivity contribution in [2.24, 2.45) is 0 Å². The highest BCUT2D eigenvalue weighted by Crippen LogP contribution is 2.26. The minimum absolute atomic E-state index is 0.438. The third kappa shape index (κ3) is 2.04. The Morgan fingerprint density at radius 3 is 3.07 bits per heavy atom. The Morgan fingerprint density at radius 1 is 1.57 bits per heavy atom. The van der Waals surface area contributed by atoms with Crippen molar-refractivity contribution in [3.63, 3.8) is 0 Å². The van der Waals surface area contributed by atoms with Crippen molar-refractivity contribution < 1.29 is 4.74 Å². The van der Waals surface area contributed by atoms with Crippen LogP contribution in [0.15, 0.2) is 18.5 Å². The second-order valence-electron chi connectivity index (χ2n) is 3.68. The van der Waals surface area contributed by atoms with Crippen molar-refractivity contribution in [1.82, 2.24) is 10.3 Å². The summed E-state index contributed by atoms with van der Waals surface area (Å²) in [4.78, 5) is 4.10. The van der Waals surface area contributed by atoms with Crippen LogP contribution < -0.4 is 10.1 Å². The van der Waals surface area contributed by atoms with E-state index in [4.69, 9.17) is 4.74 Å². The topological polar surface area (TPSA) is 34.2 Å². The van der Waals surface area contributed by atoms with Crippen LogP contribution in [-0.2, 0) is 6.54 Å². The third-order valence-electron chi connectivity index (χ3n) is 2.57. The van der Waals surface area contributed by atoms with E-state index in [1.807, 2.05) is 19.3 Å². The quantitative estimate of drug-likeness (QED) is 0.789. The zero-order chi connectivity index (χ0) is 9.80. The molecule has 0 unspecified atom stereocenters. The summed E-state index contributed by atoms with van der Waals surface area (Å²) < 4.78 is 5.85. The van der Waals surface area contributed by atoms with Gasteiger partial charge in [-0.1, -0.05) is 0 Å². The molecule has 0 aliphatic heterocycles. The fourth-order valence-electron chi connectivity index (χ4n) is 1.52. The van der Waals surface area contributed by atoms with Crippen LogP contribution in [0.25, 0.3) is 0 Å². The van der Waals surface area contributed by atoms with E-state index in [9.17, 15) is 0 Å². The summed E-state index contributed by atoms with van der Waals surface area (Å²) in [5, 5.41) is 3.11. The molecule has 0 aromatic carbocycles. The zero-order valence-electron chi connectivity index (χ0n) is 8.49. The summed E-state index contributed by atoms with van der Waals surface area (Å²) in [7, 11) is 1.93. The molecule has 1 heterocycles. The maximum Gasteiger partial charge on any atom is 0.127 e. The highest BCUT2D eigenvalue weighted by atomic mass is 16.5. The van der Waals surface area contributed by atoms with Crippen LogP contribution >= 0.6 is 0 Å². The predicted octanol–water partition coefficient (Wildman–Crippen LogP) is 1.73. The Morgan fingerprint density at radius 2 is 2.43 bits per heavy atom. The number of nitrogens with one attached hydrogen (secondary N) is 1. The third-order valence-corrected chi connectivity index (χ3v) is 2.57. The normalized spacial score (nSPS) is 16.4. The summed E-state index contributed by atoms with van der Waals surface area (Å²) in [5.41, 5.74) is 1.14. The van der Waals surface area contributed by atoms with E-state index in [0.717, 1.165) is 17.9 Å². The molecular weight excluding hydrogens is 176 g/mol. The Hall–Kier alpha value is -1.09. The molecule has 1 N–H and O–H groups in total. The maximum atomic E-state index is 5.85. The molecule has 0 amide bonds. The van der Waals surface area contributed by atoms with Gasteiger partial charge in [-0.3, -0.25) is 4.98 Å². The fraction of sp³-hybridized carbons (Fsp3) is 0.545. The molecule has 0 atom stereocenters. The first-order valence-corrected chi connectivity index (χ1v) is 5.14. The molecule has 14 heavy (non-hydrogen) atoms. The van der Waals surface area contributed by atoms with E-state index < -0.39 is 0 Å². The standard InChI is InChI=1S/C11H16N2O/c1-12-7-9-8-13-6-5-11(9)14-10-3-2-4-10/h5-6,8,10,12H,2-4,7H2,1H3. The largest absolute Gasteiger partial charge is 0.490 e. The van der Waals surface area contributed by atoms with Crippen LogP contribution in [0.4, 0.5) is 0 Å². The lowest BCUT2D eigenvalue weighted by Gasteiger charge is -2.27. The number of nitrogens with zero attached hydrogens (tertiary/aromatic N) is 1. The second kappa shape index (κ2) is 4.42. The smallest absolute Gasteiger partial charge is 0.127 e. The average molecular weight is 192 g/mol. The van der Waals surface area contributed by atoms with Crippen LogP contribution in [0.3, 0.4) is 0 Å². The SMILES string of the molecule is CNCc1cnccc1OC1CCC1. The molecule has 3 heteroatoms. The predicted molar refractivity (Wildman–Crippen MR) is 55.3 cm³/mol. The minimum Gasteiger partial charge on any atom is -0.490 e.